The Morgan fingerprint density at radius 2 is 1.94 bits per heavy atom. The molecule has 1 atom stereocenters. The van der Waals surface area contributed by atoms with Gasteiger partial charge in [0.25, 0.3) is 0 Å². The molecule has 0 saturated carbocycles. The average Bonchev–Trinajstić information content (AvgIpc) is 3.63. The highest BCUT2D eigenvalue weighted by molar-refractivity contribution is 7.17. The summed E-state index contributed by atoms with van der Waals surface area (Å²) in [7, 11) is 4.75. The van der Waals surface area contributed by atoms with E-state index in [-0.39, 0.29) is 12.6 Å². The summed E-state index contributed by atoms with van der Waals surface area (Å²) >= 11 is 1.57. The molecule has 1 aliphatic heterocycles. The molecule has 0 bridgehead atoms. The Morgan fingerprint density at radius 1 is 1.15 bits per heavy atom. The van der Waals surface area contributed by atoms with Crippen LogP contribution in [0.2, 0.25) is 0 Å². The van der Waals surface area contributed by atoms with E-state index in [2.05, 4.69) is 15.2 Å². The number of hydrogen-bond acceptors (Lipinski definition) is 10. The van der Waals surface area contributed by atoms with Crippen molar-refractivity contribution in [2.75, 3.05) is 44.7 Å². The van der Waals surface area contributed by atoms with Crippen LogP contribution in [0.3, 0.4) is 0 Å². The van der Waals surface area contributed by atoms with Crippen molar-refractivity contribution < 1.29 is 19.3 Å². The number of aliphatic hydroxyl groups is 1. The summed E-state index contributed by atoms with van der Waals surface area (Å²) in [6, 6.07) is 5.74. The van der Waals surface area contributed by atoms with Gasteiger partial charge in [-0.1, -0.05) is 0 Å². The van der Waals surface area contributed by atoms with Gasteiger partial charge in [-0.15, -0.1) is 11.3 Å². The fourth-order valence-corrected chi connectivity index (χ4v) is 5.00. The highest BCUT2D eigenvalue weighted by Gasteiger charge is 2.27. The summed E-state index contributed by atoms with van der Waals surface area (Å²) in [4.78, 5) is 16.1. The smallest absolute Gasteiger partial charge is 0.228 e. The quantitative estimate of drug-likeness (QED) is 0.389. The number of nitrogens with one attached hydrogen (secondary N) is 1. The number of nitrogens with zero attached hydrogens (tertiary/aromatic N) is 5. The van der Waals surface area contributed by atoms with Crippen LogP contribution in [0.4, 0.5) is 17.6 Å². The van der Waals surface area contributed by atoms with Crippen LogP contribution >= 0.6 is 11.3 Å². The van der Waals surface area contributed by atoms with Gasteiger partial charge < -0.3 is 34.1 Å². The van der Waals surface area contributed by atoms with Crippen LogP contribution in [0.25, 0.3) is 15.9 Å². The molecule has 3 aromatic heterocycles. The first-order chi connectivity index (χ1) is 16.6. The number of thiophene rings is 1. The number of aliphatic hydroxyl groups excluding tert-OH is 1. The van der Waals surface area contributed by atoms with Crippen molar-refractivity contribution in [1.82, 2.24) is 19.5 Å². The maximum atomic E-state index is 9.74. The van der Waals surface area contributed by atoms with Gasteiger partial charge in [0, 0.05) is 18.7 Å². The predicted molar refractivity (Wildman–Crippen MR) is 131 cm³/mol. The topological polar surface area (TPSA) is 107 Å². The molecule has 0 aliphatic carbocycles. The van der Waals surface area contributed by atoms with Gasteiger partial charge in [0.2, 0.25) is 11.7 Å². The molecule has 1 aromatic carbocycles. The molecule has 1 fully saturated rings. The molecule has 1 aliphatic rings. The molecular formula is C23H26N6O4S. The Morgan fingerprint density at radius 3 is 2.65 bits per heavy atom. The number of rotatable bonds is 8. The zero-order valence-corrected chi connectivity index (χ0v) is 20.0. The second kappa shape index (κ2) is 9.35. The Balaban J connectivity index is 1.47. The van der Waals surface area contributed by atoms with Crippen molar-refractivity contribution in [3.63, 3.8) is 0 Å². The number of hydrogen-bond donors (Lipinski definition) is 2. The summed E-state index contributed by atoms with van der Waals surface area (Å²) in [5.74, 6) is 3.59. The fraction of sp³-hybridized carbons (Fsp3) is 0.348. The van der Waals surface area contributed by atoms with Crippen LogP contribution in [0.1, 0.15) is 12.8 Å². The van der Waals surface area contributed by atoms with Gasteiger partial charge in [-0.3, -0.25) is 0 Å². The van der Waals surface area contributed by atoms with Crippen molar-refractivity contribution in [3.05, 3.63) is 36.1 Å². The summed E-state index contributed by atoms with van der Waals surface area (Å²) in [6.07, 6.45) is 5.52. The summed E-state index contributed by atoms with van der Waals surface area (Å²) in [5.41, 5.74) is 1.67. The molecule has 1 unspecified atom stereocenters. The van der Waals surface area contributed by atoms with Crippen molar-refractivity contribution in [2.24, 2.45) is 0 Å². The zero-order chi connectivity index (χ0) is 23.7. The van der Waals surface area contributed by atoms with Crippen molar-refractivity contribution in [2.45, 2.75) is 18.9 Å². The molecule has 2 N–H and O–H groups in total. The molecule has 4 heterocycles. The lowest BCUT2D eigenvalue weighted by Crippen LogP contribution is -2.33. The van der Waals surface area contributed by atoms with Crippen molar-refractivity contribution >= 4 is 39.1 Å². The van der Waals surface area contributed by atoms with Gasteiger partial charge in [0.05, 0.1) is 56.1 Å². The third-order valence-electron chi connectivity index (χ3n) is 5.91. The van der Waals surface area contributed by atoms with Gasteiger partial charge in [-0.05, 0) is 24.3 Å². The second-order valence-electron chi connectivity index (χ2n) is 7.85. The van der Waals surface area contributed by atoms with Crippen LogP contribution in [-0.4, -0.2) is 65.1 Å². The highest BCUT2D eigenvalue weighted by atomic mass is 32.1. The lowest BCUT2D eigenvalue weighted by Gasteiger charge is -2.23. The SMILES string of the molecule is COc1cc(-n2cnc(Nc3nc(N4CCCC4CO)nc4ccsc34)c2)cc(OC)c1OC. The fourth-order valence-electron chi connectivity index (χ4n) is 4.22. The molecular weight excluding hydrogens is 456 g/mol. The van der Waals surface area contributed by atoms with E-state index in [4.69, 9.17) is 24.2 Å². The molecule has 5 rings (SSSR count). The molecule has 0 amide bonds. The van der Waals surface area contributed by atoms with Crippen LogP contribution in [-0.2, 0) is 0 Å². The van der Waals surface area contributed by atoms with E-state index in [1.165, 1.54) is 0 Å². The number of imidazole rings is 1. The number of benzene rings is 1. The Bertz CT molecular complexity index is 1280. The number of methoxy groups -OCH3 is 3. The van der Waals surface area contributed by atoms with Gasteiger partial charge in [-0.25, -0.2) is 9.97 Å². The maximum Gasteiger partial charge on any atom is 0.228 e. The van der Waals surface area contributed by atoms with E-state index in [1.807, 2.05) is 34.3 Å². The van der Waals surface area contributed by atoms with Crippen LogP contribution in [0.15, 0.2) is 36.1 Å². The van der Waals surface area contributed by atoms with E-state index >= 15 is 0 Å². The van der Waals surface area contributed by atoms with E-state index in [0.29, 0.717) is 34.8 Å². The molecule has 34 heavy (non-hydrogen) atoms. The van der Waals surface area contributed by atoms with Gasteiger partial charge in [0.15, 0.2) is 17.3 Å². The summed E-state index contributed by atoms with van der Waals surface area (Å²) in [6.45, 7) is 0.920. The molecule has 0 radical (unpaired) electrons. The number of ether oxygens (including phenoxy) is 3. The number of anilines is 3. The lowest BCUT2D eigenvalue weighted by molar-refractivity contribution is 0.265. The van der Waals surface area contributed by atoms with Crippen LogP contribution in [0, 0.1) is 0 Å². The first-order valence-corrected chi connectivity index (χ1v) is 11.8. The lowest BCUT2D eigenvalue weighted by atomic mass is 10.2. The third kappa shape index (κ3) is 3.97. The molecule has 1 saturated heterocycles. The standard InChI is InChI=1S/C23H26N6O4S/c1-31-17-9-15(10-18(32-2)20(17)33-3)28-11-19(24-13-28)26-22-21-16(6-8-34-21)25-23(27-22)29-7-4-5-14(29)12-30/h6,8-11,13-14,30H,4-5,7,12H2,1-3H3,(H,25,26,27). The summed E-state index contributed by atoms with van der Waals surface area (Å²) < 4.78 is 19.2. The third-order valence-corrected chi connectivity index (χ3v) is 6.82. The van der Waals surface area contributed by atoms with Crippen LogP contribution < -0.4 is 24.4 Å². The van der Waals surface area contributed by atoms with Crippen LogP contribution in [0.5, 0.6) is 17.2 Å². The zero-order valence-electron chi connectivity index (χ0n) is 19.2. The monoisotopic (exact) mass is 482 g/mol. The summed E-state index contributed by atoms with van der Waals surface area (Å²) in [5, 5.41) is 15.1. The molecule has 4 aromatic rings. The maximum absolute atomic E-state index is 9.74. The van der Waals surface area contributed by atoms with Gasteiger partial charge in [0.1, 0.15) is 12.1 Å². The van der Waals surface area contributed by atoms with E-state index in [1.54, 1.807) is 39.0 Å². The predicted octanol–water partition coefficient (Wildman–Crippen LogP) is 3.61. The van der Waals surface area contributed by atoms with Crippen molar-refractivity contribution in [1.29, 1.82) is 0 Å². The van der Waals surface area contributed by atoms with Gasteiger partial charge in [-0.2, -0.15) is 4.98 Å². The Labute approximate surface area is 200 Å². The minimum atomic E-state index is 0.0446. The van der Waals surface area contributed by atoms with E-state index in [0.717, 1.165) is 35.3 Å². The average molecular weight is 483 g/mol. The first-order valence-electron chi connectivity index (χ1n) is 10.9. The molecule has 10 nitrogen and oxygen atoms in total. The van der Waals surface area contributed by atoms with E-state index in [9.17, 15) is 5.11 Å². The molecule has 11 heteroatoms. The first kappa shape index (κ1) is 22.2. The minimum absolute atomic E-state index is 0.0446. The Kier molecular flexibility index (Phi) is 6.12. The molecule has 0 spiro atoms. The van der Waals surface area contributed by atoms with Crippen molar-refractivity contribution in [3.8, 4) is 22.9 Å². The van der Waals surface area contributed by atoms with E-state index < -0.39 is 0 Å². The number of fused-ring (bicyclic) bond motifs is 1. The minimum Gasteiger partial charge on any atom is -0.493 e. The second-order valence-corrected chi connectivity index (χ2v) is 8.77. The Hall–Kier alpha value is -3.57. The largest absolute Gasteiger partial charge is 0.493 e. The number of aromatic nitrogens is 4. The normalized spacial score (nSPS) is 15.6. The van der Waals surface area contributed by atoms with Gasteiger partial charge >= 0.3 is 0 Å². The molecule has 178 valence electrons. The highest BCUT2D eigenvalue weighted by Crippen LogP contribution is 2.39.